The van der Waals surface area contributed by atoms with E-state index in [1.54, 1.807) is 0 Å². The van der Waals surface area contributed by atoms with E-state index in [4.69, 9.17) is 5.26 Å². The van der Waals surface area contributed by atoms with Crippen molar-refractivity contribution in [3.8, 4) is 5.97 Å². The lowest BCUT2D eigenvalue weighted by atomic mass is 9.41. The van der Waals surface area contributed by atoms with Crippen molar-refractivity contribution in [3.63, 3.8) is 0 Å². The van der Waals surface area contributed by atoms with Crippen LogP contribution in [0.15, 0.2) is 19.0 Å². The van der Waals surface area contributed by atoms with Gasteiger partial charge in [-0.1, -0.05) is 32.1 Å². The van der Waals surface area contributed by atoms with E-state index in [2.05, 4.69) is 22.5 Å². The first kappa shape index (κ1) is 12.8. The Morgan fingerprint density at radius 2 is 2.06 bits per heavy atom. The molecule has 92 valence electrons. The van der Waals surface area contributed by atoms with Crippen LogP contribution in [0.5, 0.6) is 0 Å². The third kappa shape index (κ3) is 3.19. The molecular formula is C14H18BN3. The zero-order valence-electron chi connectivity index (χ0n) is 10.9. The molecule has 0 amide bonds. The van der Waals surface area contributed by atoms with Crippen LogP contribution in [0.1, 0.15) is 31.2 Å². The van der Waals surface area contributed by atoms with Gasteiger partial charge in [0.15, 0.2) is 0 Å². The summed E-state index contributed by atoms with van der Waals surface area (Å²) in [6.07, 6.45) is 8.97. The number of allylic oxidation sites excluding steroid dienone is 1. The minimum absolute atomic E-state index is 0.271. The number of nitriles is 1. The van der Waals surface area contributed by atoms with E-state index in [0.717, 1.165) is 48.9 Å². The third-order valence-electron chi connectivity index (χ3n) is 3.70. The molecule has 0 unspecified atom stereocenters. The van der Waals surface area contributed by atoms with Gasteiger partial charge in [0, 0.05) is 30.3 Å². The number of nitrogens with zero attached hydrogens (tertiary/aromatic N) is 3. The molecule has 1 saturated heterocycles. The Morgan fingerprint density at radius 1 is 1.44 bits per heavy atom. The Kier molecular flexibility index (Phi) is 4.14. The molecule has 0 aromatic carbocycles. The number of hydrogen-bond acceptors (Lipinski definition) is 3. The van der Waals surface area contributed by atoms with Crippen molar-refractivity contribution < 1.29 is 0 Å². The second-order valence-corrected chi connectivity index (χ2v) is 5.22. The summed E-state index contributed by atoms with van der Waals surface area (Å²) >= 11 is 0. The fourth-order valence-corrected chi connectivity index (χ4v) is 2.43. The average molecular weight is 239 g/mol. The molecule has 2 heterocycles. The quantitative estimate of drug-likeness (QED) is 0.761. The third-order valence-corrected chi connectivity index (χ3v) is 3.70. The molecule has 0 aliphatic carbocycles. The summed E-state index contributed by atoms with van der Waals surface area (Å²) in [5.74, 6) is 3.93. The van der Waals surface area contributed by atoms with Crippen molar-refractivity contribution >= 4 is 12.3 Å². The second kappa shape index (κ2) is 5.81. The van der Waals surface area contributed by atoms with Crippen molar-refractivity contribution in [2.24, 2.45) is 5.92 Å². The molecule has 4 heteroatoms. The van der Waals surface area contributed by atoms with Crippen LogP contribution in [0.3, 0.4) is 0 Å². The van der Waals surface area contributed by atoms with Crippen LogP contribution < -0.4 is 0 Å². The first-order chi connectivity index (χ1) is 8.69. The fraction of sp³-hybridized carbons (Fsp3) is 0.500. The van der Waals surface area contributed by atoms with E-state index < -0.39 is 0 Å². The summed E-state index contributed by atoms with van der Waals surface area (Å²) in [4.78, 5) is 8.79. The molecule has 1 aliphatic heterocycles. The Hall–Kier alpha value is -1.63. The normalized spacial score (nSPS) is 16.3. The van der Waals surface area contributed by atoms with Crippen molar-refractivity contribution in [3.05, 3.63) is 30.4 Å². The van der Waals surface area contributed by atoms with E-state index in [-0.39, 0.29) is 6.71 Å². The van der Waals surface area contributed by atoms with Gasteiger partial charge in [-0.25, -0.2) is 15.2 Å². The molecule has 1 fully saturated rings. The fourth-order valence-electron chi connectivity index (χ4n) is 2.43. The molecule has 2 rings (SSSR count). The van der Waals surface area contributed by atoms with E-state index in [0.29, 0.717) is 5.92 Å². The topological polar surface area (TPSA) is 49.6 Å². The maximum absolute atomic E-state index is 8.87. The van der Waals surface area contributed by atoms with Gasteiger partial charge in [0.25, 0.3) is 6.71 Å². The van der Waals surface area contributed by atoms with Crippen LogP contribution in [0, 0.1) is 17.1 Å². The summed E-state index contributed by atoms with van der Waals surface area (Å²) in [5, 5.41) is 8.87. The molecule has 1 aromatic rings. The SMILES string of the molecule is C=C(C)c1cnc(CC2CCB(C#N)CC2)nc1. The van der Waals surface area contributed by atoms with Crippen molar-refractivity contribution in [2.45, 2.75) is 38.8 Å². The number of hydrogen-bond donors (Lipinski definition) is 0. The van der Waals surface area contributed by atoms with Gasteiger partial charge in [0.05, 0.1) is 0 Å². The van der Waals surface area contributed by atoms with Crippen LogP contribution >= 0.6 is 0 Å². The largest absolute Gasteiger partial charge is 0.267 e. The van der Waals surface area contributed by atoms with Crippen LogP contribution in [-0.4, -0.2) is 16.7 Å². The smallest absolute Gasteiger partial charge is 0.241 e. The van der Waals surface area contributed by atoms with Crippen molar-refractivity contribution in [1.82, 2.24) is 9.97 Å². The van der Waals surface area contributed by atoms with Gasteiger partial charge < -0.3 is 0 Å². The predicted octanol–water partition coefficient (Wildman–Crippen LogP) is 3.02. The first-order valence-corrected chi connectivity index (χ1v) is 6.55. The second-order valence-electron chi connectivity index (χ2n) is 5.22. The highest BCUT2D eigenvalue weighted by molar-refractivity contribution is 6.67. The lowest BCUT2D eigenvalue weighted by Crippen LogP contribution is -2.21. The van der Waals surface area contributed by atoms with Gasteiger partial charge in [-0.2, -0.15) is 0 Å². The maximum Gasteiger partial charge on any atom is 0.267 e. The summed E-state index contributed by atoms with van der Waals surface area (Å²) in [6, 6.07) is 0. The van der Waals surface area contributed by atoms with Crippen LogP contribution in [-0.2, 0) is 6.42 Å². The van der Waals surface area contributed by atoms with Gasteiger partial charge in [0.2, 0.25) is 0 Å². The molecule has 18 heavy (non-hydrogen) atoms. The lowest BCUT2D eigenvalue weighted by molar-refractivity contribution is 0.460. The molecule has 1 aromatic heterocycles. The van der Waals surface area contributed by atoms with Crippen LogP contribution in [0.25, 0.3) is 5.57 Å². The summed E-state index contributed by atoms with van der Waals surface area (Å²) in [5.41, 5.74) is 2.00. The highest BCUT2D eigenvalue weighted by Crippen LogP contribution is 2.27. The molecule has 0 saturated carbocycles. The van der Waals surface area contributed by atoms with Crippen molar-refractivity contribution in [1.29, 1.82) is 5.26 Å². The van der Waals surface area contributed by atoms with Gasteiger partial charge in [-0.15, -0.1) is 0 Å². The highest BCUT2D eigenvalue weighted by atomic mass is 14.9. The van der Waals surface area contributed by atoms with E-state index in [9.17, 15) is 0 Å². The van der Waals surface area contributed by atoms with E-state index >= 15 is 0 Å². The Balaban J connectivity index is 1.90. The Morgan fingerprint density at radius 3 is 2.56 bits per heavy atom. The number of aromatic nitrogens is 2. The average Bonchev–Trinajstić information content (AvgIpc) is 2.40. The van der Waals surface area contributed by atoms with E-state index in [1.165, 1.54) is 0 Å². The molecule has 1 aliphatic rings. The molecule has 3 nitrogen and oxygen atoms in total. The van der Waals surface area contributed by atoms with Gasteiger partial charge >= 0.3 is 0 Å². The highest BCUT2D eigenvalue weighted by Gasteiger charge is 2.24. The minimum atomic E-state index is 0.271. The van der Waals surface area contributed by atoms with Gasteiger partial charge in [0.1, 0.15) is 5.82 Å². The maximum atomic E-state index is 8.87. The standard InChI is InChI=1S/C14H18BN3/c1-11(2)13-8-17-14(18-9-13)7-12-3-5-15(10-16)6-4-12/h8-9,12H,1,3-7H2,2H3. The molecule has 0 atom stereocenters. The molecular weight excluding hydrogens is 221 g/mol. The summed E-state index contributed by atoms with van der Waals surface area (Å²) in [6.45, 7) is 6.11. The molecule has 0 N–H and O–H groups in total. The summed E-state index contributed by atoms with van der Waals surface area (Å²) in [7, 11) is 0. The van der Waals surface area contributed by atoms with Crippen LogP contribution in [0.4, 0.5) is 0 Å². The van der Waals surface area contributed by atoms with Crippen molar-refractivity contribution in [2.75, 3.05) is 0 Å². The zero-order chi connectivity index (χ0) is 13.0. The molecule has 0 radical (unpaired) electrons. The monoisotopic (exact) mass is 239 g/mol. The van der Waals surface area contributed by atoms with Gasteiger partial charge in [-0.3, -0.25) is 0 Å². The Bertz CT molecular complexity index is 453. The van der Waals surface area contributed by atoms with Gasteiger partial charge in [-0.05, 0) is 18.4 Å². The predicted molar refractivity (Wildman–Crippen MR) is 74.1 cm³/mol. The molecule has 0 bridgehead atoms. The zero-order valence-corrected chi connectivity index (χ0v) is 10.9. The van der Waals surface area contributed by atoms with E-state index in [1.807, 2.05) is 19.3 Å². The van der Waals surface area contributed by atoms with Crippen LogP contribution in [0.2, 0.25) is 12.6 Å². The first-order valence-electron chi connectivity index (χ1n) is 6.55. The number of rotatable bonds is 3. The summed E-state index contributed by atoms with van der Waals surface area (Å²) < 4.78 is 0. The minimum Gasteiger partial charge on any atom is -0.241 e. The lowest BCUT2D eigenvalue weighted by Gasteiger charge is -2.22. The Labute approximate surface area is 109 Å². The molecule has 0 spiro atoms.